The molecule has 0 bridgehead atoms. The van der Waals surface area contributed by atoms with Gasteiger partial charge in [-0.2, -0.15) is 0 Å². The molecule has 0 saturated heterocycles. The lowest BCUT2D eigenvalue weighted by molar-refractivity contribution is 0.100. The van der Waals surface area contributed by atoms with Crippen molar-refractivity contribution in [2.75, 3.05) is 36.6 Å². The molecule has 1 rings (SSSR count). The number of carbonyl (C=O) groups is 1. The second-order valence-electron chi connectivity index (χ2n) is 3.89. The van der Waals surface area contributed by atoms with Gasteiger partial charge >= 0.3 is 0 Å². The van der Waals surface area contributed by atoms with E-state index >= 15 is 0 Å². The third-order valence-electron chi connectivity index (χ3n) is 2.55. The molecule has 0 saturated carbocycles. The number of rotatable bonds is 8. The first-order valence-corrected chi connectivity index (χ1v) is 8.58. The summed E-state index contributed by atoms with van der Waals surface area (Å²) < 4.78 is 29.3. The topological polar surface area (TPSA) is 125 Å². The Morgan fingerprint density at radius 2 is 2.05 bits per heavy atom. The van der Waals surface area contributed by atoms with Gasteiger partial charge in [0.25, 0.3) is 5.91 Å². The van der Waals surface area contributed by atoms with Crippen molar-refractivity contribution in [3.8, 4) is 0 Å². The van der Waals surface area contributed by atoms with Crippen LogP contribution in [0.15, 0.2) is 4.90 Å². The fraction of sp³-hybridized carbons (Fsp3) is 0.545. The predicted octanol–water partition coefficient (Wildman–Crippen LogP) is 0.671. The maximum Gasteiger partial charge on any atom is 0.261 e. The van der Waals surface area contributed by atoms with Gasteiger partial charge in [-0.15, -0.1) is 11.3 Å². The quantitative estimate of drug-likeness (QED) is 0.604. The molecule has 7 nitrogen and oxygen atoms in total. The number of hydrogen-bond donors (Lipinski definition) is 3. The number of carbonyl (C=O) groups excluding carboxylic acids is 1. The summed E-state index contributed by atoms with van der Waals surface area (Å²) >= 11 is 0.949. The molecule has 0 fully saturated rings. The molecule has 0 aromatic carbocycles. The predicted molar refractivity (Wildman–Crippen MR) is 80.0 cm³/mol. The third kappa shape index (κ3) is 3.62. The van der Waals surface area contributed by atoms with Crippen LogP contribution in [0.5, 0.6) is 0 Å². The van der Waals surface area contributed by atoms with Gasteiger partial charge in [-0.1, -0.05) is 6.92 Å². The summed E-state index contributed by atoms with van der Waals surface area (Å²) in [7, 11) is -3.54. The Labute approximate surface area is 122 Å². The normalized spacial score (nSPS) is 11.5. The summed E-state index contributed by atoms with van der Waals surface area (Å²) in [5.74, 6) is -0.843. The minimum Gasteiger partial charge on any atom is -0.396 e. The Bertz CT molecular complexity index is 581. The van der Waals surface area contributed by atoms with Gasteiger partial charge in [-0.3, -0.25) is 4.79 Å². The van der Waals surface area contributed by atoms with E-state index in [1.54, 1.807) is 0 Å². The number of primary amides is 1. The molecule has 20 heavy (non-hydrogen) atoms. The molecule has 9 heteroatoms. The molecule has 114 valence electrons. The van der Waals surface area contributed by atoms with Crippen LogP contribution in [-0.4, -0.2) is 39.8 Å². The highest BCUT2D eigenvalue weighted by Crippen LogP contribution is 2.39. The Morgan fingerprint density at radius 3 is 2.55 bits per heavy atom. The standard InChI is InChI=1S/C11H19N3O4S2/c1-3-18-6-5-14-11-9(20(16,17)4-2)7(12)8(19-11)10(13)15/h14H,3-6,12H2,1-2H3,(H2,13,15). The lowest BCUT2D eigenvalue weighted by atomic mass is 10.4. The second-order valence-corrected chi connectivity index (χ2v) is 7.13. The summed E-state index contributed by atoms with van der Waals surface area (Å²) in [5, 5.41) is 3.26. The maximum atomic E-state index is 12.1. The molecule has 0 atom stereocenters. The van der Waals surface area contributed by atoms with E-state index in [2.05, 4.69) is 5.32 Å². The van der Waals surface area contributed by atoms with Gasteiger partial charge < -0.3 is 21.5 Å². The molecule has 1 aromatic heterocycles. The molecule has 0 spiro atoms. The van der Waals surface area contributed by atoms with Crippen LogP contribution >= 0.6 is 11.3 Å². The van der Waals surface area contributed by atoms with Gasteiger partial charge in [0.15, 0.2) is 9.84 Å². The molecule has 0 aliphatic carbocycles. The van der Waals surface area contributed by atoms with Gasteiger partial charge in [-0.25, -0.2) is 8.42 Å². The van der Waals surface area contributed by atoms with Crippen LogP contribution in [0.25, 0.3) is 0 Å². The number of ether oxygens (including phenoxy) is 1. The molecule has 1 amide bonds. The summed E-state index contributed by atoms with van der Waals surface area (Å²) in [6, 6.07) is 0. The Kier molecular flexibility index (Phi) is 5.78. The minimum atomic E-state index is -3.54. The lowest BCUT2D eigenvalue weighted by Crippen LogP contribution is -2.14. The van der Waals surface area contributed by atoms with Crippen molar-refractivity contribution in [3.63, 3.8) is 0 Å². The number of thiophene rings is 1. The van der Waals surface area contributed by atoms with Crippen LogP contribution in [0.3, 0.4) is 0 Å². The number of sulfone groups is 1. The second kappa shape index (κ2) is 6.91. The van der Waals surface area contributed by atoms with Crippen molar-refractivity contribution in [1.82, 2.24) is 0 Å². The fourth-order valence-corrected chi connectivity index (χ4v) is 4.11. The van der Waals surface area contributed by atoms with Crippen molar-refractivity contribution in [2.24, 2.45) is 5.73 Å². The maximum absolute atomic E-state index is 12.1. The van der Waals surface area contributed by atoms with Crippen LogP contribution in [0.1, 0.15) is 23.5 Å². The number of nitrogen functional groups attached to an aromatic ring is 1. The van der Waals surface area contributed by atoms with Crippen LogP contribution in [-0.2, 0) is 14.6 Å². The van der Waals surface area contributed by atoms with E-state index in [1.807, 2.05) is 6.92 Å². The van der Waals surface area contributed by atoms with Gasteiger partial charge in [-0.05, 0) is 6.92 Å². The number of nitrogens with two attached hydrogens (primary N) is 2. The number of amides is 1. The Morgan fingerprint density at radius 1 is 1.40 bits per heavy atom. The average molecular weight is 321 g/mol. The lowest BCUT2D eigenvalue weighted by Gasteiger charge is -2.08. The SMILES string of the molecule is CCOCCNc1sc(C(N)=O)c(N)c1S(=O)(=O)CC. The van der Waals surface area contributed by atoms with E-state index in [1.165, 1.54) is 6.92 Å². The van der Waals surface area contributed by atoms with Crippen molar-refractivity contribution >= 4 is 37.8 Å². The zero-order valence-electron chi connectivity index (χ0n) is 11.4. The monoisotopic (exact) mass is 321 g/mol. The number of hydrogen-bond acceptors (Lipinski definition) is 7. The van der Waals surface area contributed by atoms with Crippen LogP contribution < -0.4 is 16.8 Å². The Hall–Kier alpha value is -1.32. The first kappa shape index (κ1) is 16.7. The molecule has 0 radical (unpaired) electrons. The van der Waals surface area contributed by atoms with Crippen LogP contribution in [0.4, 0.5) is 10.7 Å². The highest BCUT2D eigenvalue weighted by Gasteiger charge is 2.27. The smallest absolute Gasteiger partial charge is 0.261 e. The van der Waals surface area contributed by atoms with E-state index in [0.717, 1.165) is 11.3 Å². The van der Waals surface area contributed by atoms with Gasteiger partial charge in [0.1, 0.15) is 14.8 Å². The van der Waals surface area contributed by atoms with E-state index < -0.39 is 15.7 Å². The van der Waals surface area contributed by atoms with Gasteiger partial charge in [0, 0.05) is 13.2 Å². The molecule has 0 aliphatic rings. The third-order valence-corrected chi connectivity index (χ3v) is 5.66. The average Bonchev–Trinajstić information content (AvgIpc) is 2.72. The van der Waals surface area contributed by atoms with E-state index in [9.17, 15) is 13.2 Å². The zero-order valence-corrected chi connectivity index (χ0v) is 13.1. The Balaban J connectivity index is 3.15. The summed E-state index contributed by atoms with van der Waals surface area (Å²) in [5.41, 5.74) is 10.9. The van der Waals surface area contributed by atoms with Crippen LogP contribution in [0.2, 0.25) is 0 Å². The minimum absolute atomic E-state index is 0.0460. The molecular formula is C11H19N3O4S2. The van der Waals surface area contributed by atoms with Crippen molar-refractivity contribution in [1.29, 1.82) is 0 Å². The fourth-order valence-electron chi connectivity index (χ4n) is 1.56. The number of nitrogens with one attached hydrogen (secondary N) is 1. The first-order valence-electron chi connectivity index (χ1n) is 6.11. The highest BCUT2D eigenvalue weighted by atomic mass is 32.2. The van der Waals surface area contributed by atoms with Crippen molar-refractivity contribution in [3.05, 3.63) is 4.88 Å². The van der Waals surface area contributed by atoms with Gasteiger partial charge in [0.05, 0.1) is 18.0 Å². The molecule has 1 heterocycles. The van der Waals surface area contributed by atoms with Crippen molar-refractivity contribution < 1.29 is 17.9 Å². The summed E-state index contributed by atoms with van der Waals surface area (Å²) in [6.07, 6.45) is 0. The zero-order chi connectivity index (χ0) is 15.3. The van der Waals surface area contributed by atoms with Crippen LogP contribution in [0, 0.1) is 0 Å². The summed E-state index contributed by atoms with van der Waals surface area (Å²) in [6.45, 7) is 4.78. The molecule has 0 aliphatic heterocycles. The van der Waals surface area contributed by atoms with Gasteiger partial charge in [0.2, 0.25) is 0 Å². The highest BCUT2D eigenvalue weighted by molar-refractivity contribution is 7.91. The molecule has 1 aromatic rings. The van der Waals surface area contributed by atoms with E-state index in [4.69, 9.17) is 16.2 Å². The molecular weight excluding hydrogens is 302 g/mol. The first-order chi connectivity index (χ1) is 9.35. The van der Waals surface area contributed by atoms with E-state index in [0.29, 0.717) is 24.8 Å². The molecule has 5 N–H and O–H groups in total. The molecule has 0 unspecified atom stereocenters. The number of anilines is 2. The summed E-state index contributed by atoms with van der Waals surface area (Å²) in [4.78, 5) is 11.3. The van der Waals surface area contributed by atoms with E-state index in [-0.39, 0.29) is 21.2 Å². The largest absolute Gasteiger partial charge is 0.396 e. The van der Waals surface area contributed by atoms with Crippen molar-refractivity contribution in [2.45, 2.75) is 18.7 Å².